The van der Waals surface area contributed by atoms with Gasteiger partial charge in [0.25, 0.3) is 10.2 Å². The minimum Gasteiger partial charge on any atom is -0.497 e. The van der Waals surface area contributed by atoms with Crippen LogP contribution < -0.4 is 14.6 Å². The van der Waals surface area contributed by atoms with Crippen molar-refractivity contribution in [2.75, 3.05) is 11.8 Å². The van der Waals surface area contributed by atoms with Crippen LogP contribution in [0.5, 0.6) is 5.75 Å². The maximum Gasteiger partial charge on any atom is 0.435 e. The zero-order chi connectivity index (χ0) is 20.5. The average molecular weight is 412 g/mol. The molecule has 28 heavy (non-hydrogen) atoms. The maximum atomic E-state index is 13.2. The molecule has 0 atom stereocenters. The summed E-state index contributed by atoms with van der Waals surface area (Å²) in [5, 5.41) is 8.57. The molecule has 0 aliphatic heterocycles. The van der Waals surface area contributed by atoms with Crippen molar-refractivity contribution in [1.29, 1.82) is 0 Å². The highest BCUT2D eigenvalue weighted by atomic mass is 32.2. The first-order valence-corrected chi connectivity index (χ1v) is 9.34. The van der Waals surface area contributed by atoms with Crippen LogP contribution in [0.3, 0.4) is 0 Å². The molecule has 2 aromatic carbocycles. The highest BCUT2D eigenvalue weighted by Gasteiger charge is 2.35. The minimum atomic E-state index is -4.62. The number of rotatable bonds is 5. The lowest BCUT2D eigenvalue weighted by molar-refractivity contribution is -0.141. The van der Waals surface area contributed by atoms with Crippen molar-refractivity contribution in [3.8, 4) is 22.7 Å². The predicted molar refractivity (Wildman–Crippen MR) is 97.3 cm³/mol. The van der Waals surface area contributed by atoms with Gasteiger partial charge in [-0.3, -0.25) is 4.72 Å². The van der Waals surface area contributed by atoms with Crippen molar-refractivity contribution < 1.29 is 26.3 Å². The Kier molecular flexibility index (Phi) is 5.04. The summed E-state index contributed by atoms with van der Waals surface area (Å²) in [4.78, 5) is 0. The van der Waals surface area contributed by atoms with Gasteiger partial charge < -0.3 is 4.74 Å². The number of anilines is 1. The number of hydrogen-bond donors (Lipinski definition) is 2. The third-order valence-corrected chi connectivity index (χ3v) is 4.28. The number of hydrogen-bond acceptors (Lipinski definition) is 4. The molecule has 0 bridgehead atoms. The first kappa shape index (κ1) is 19.7. The molecule has 0 spiro atoms. The molecule has 148 valence electrons. The molecule has 0 fully saturated rings. The third kappa shape index (κ3) is 4.43. The fraction of sp³-hybridized carbons (Fsp3) is 0.118. The summed E-state index contributed by atoms with van der Waals surface area (Å²) in [7, 11) is -2.48. The summed E-state index contributed by atoms with van der Waals surface area (Å²) >= 11 is 0. The molecular weight excluding hydrogens is 397 g/mol. The Bertz CT molecular complexity index is 1080. The van der Waals surface area contributed by atoms with Crippen LogP contribution >= 0.6 is 0 Å². The molecule has 1 heterocycles. The topological polar surface area (TPSA) is 99.2 Å². The minimum absolute atomic E-state index is 0.167. The number of alkyl halides is 3. The Hall–Kier alpha value is -3.05. The van der Waals surface area contributed by atoms with Crippen molar-refractivity contribution in [3.05, 3.63) is 60.3 Å². The zero-order valence-electron chi connectivity index (χ0n) is 14.4. The Labute approximate surface area is 158 Å². The second-order valence-electron chi connectivity index (χ2n) is 5.75. The van der Waals surface area contributed by atoms with E-state index in [1.807, 2.05) is 0 Å². The molecule has 11 heteroatoms. The average Bonchev–Trinajstić information content (AvgIpc) is 3.07. The lowest BCUT2D eigenvalue weighted by atomic mass is 10.1. The molecule has 1 aromatic heterocycles. The molecule has 7 nitrogen and oxygen atoms in total. The van der Waals surface area contributed by atoms with E-state index in [9.17, 15) is 21.6 Å². The van der Waals surface area contributed by atoms with E-state index in [-0.39, 0.29) is 11.4 Å². The summed E-state index contributed by atoms with van der Waals surface area (Å²) in [6, 6.07) is 13.0. The van der Waals surface area contributed by atoms with Gasteiger partial charge in [-0.25, -0.2) is 9.82 Å². The number of nitrogens with zero attached hydrogens (tertiary/aromatic N) is 2. The van der Waals surface area contributed by atoms with Gasteiger partial charge in [-0.1, -0.05) is 0 Å². The molecule has 0 aliphatic rings. The van der Waals surface area contributed by atoms with Gasteiger partial charge in [0, 0.05) is 11.3 Å². The number of nitrogens with two attached hydrogens (primary N) is 1. The van der Waals surface area contributed by atoms with E-state index in [0.717, 1.165) is 10.7 Å². The number of ether oxygens (including phenoxy) is 1. The highest BCUT2D eigenvalue weighted by molar-refractivity contribution is 7.90. The Morgan fingerprint density at radius 1 is 1.07 bits per heavy atom. The fourth-order valence-electron chi connectivity index (χ4n) is 2.52. The van der Waals surface area contributed by atoms with E-state index < -0.39 is 22.1 Å². The summed E-state index contributed by atoms with van der Waals surface area (Å²) in [5.41, 5.74) is 0.129. The van der Waals surface area contributed by atoms with Gasteiger partial charge >= 0.3 is 6.18 Å². The van der Waals surface area contributed by atoms with Gasteiger partial charge in [0.05, 0.1) is 18.5 Å². The Morgan fingerprint density at radius 3 is 2.18 bits per heavy atom. The third-order valence-electron chi connectivity index (χ3n) is 3.76. The summed E-state index contributed by atoms with van der Waals surface area (Å²) < 4.78 is 70.0. The van der Waals surface area contributed by atoms with E-state index in [2.05, 4.69) is 9.82 Å². The van der Waals surface area contributed by atoms with Crippen molar-refractivity contribution in [1.82, 2.24) is 9.78 Å². The standard InChI is InChI=1S/C17H15F3N4O3S/c1-27-14-8-2-11(3-9-14)15-10-16(17(18,19)20)22-24(15)13-6-4-12(5-7-13)23-28(21,25)26/h2-10,23H,1H3,(H2,21,25,26). The summed E-state index contributed by atoms with van der Waals surface area (Å²) in [6.07, 6.45) is -4.62. The number of halogens is 3. The van der Waals surface area contributed by atoms with Crippen molar-refractivity contribution in [2.45, 2.75) is 6.18 Å². The lowest BCUT2D eigenvalue weighted by Gasteiger charge is -2.10. The van der Waals surface area contributed by atoms with Crippen LogP contribution in [0.1, 0.15) is 5.69 Å². The molecule has 3 N–H and O–H groups in total. The Morgan fingerprint density at radius 2 is 1.68 bits per heavy atom. The van der Waals surface area contributed by atoms with E-state index in [1.165, 1.54) is 31.4 Å². The van der Waals surface area contributed by atoms with Crippen molar-refractivity contribution >= 4 is 15.9 Å². The molecular formula is C17H15F3N4O3S. The number of aromatic nitrogens is 2. The van der Waals surface area contributed by atoms with E-state index in [0.29, 0.717) is 17.0 Å². The molecule has 0 saturated carbocycles. The van der Waals surface area contributed by atoms with Crippen LogP contribution in [0.15, 0.2) is 54.6 Å². The summed E-state index contributed by atoms with van der Waals surface area (Å²) in [6.45, 7) is 0. The number of nitrogens with one attached hydrogen (secondary N) is 1. The Balaban J connectivity index is 2.07. The molecule has 3 aromatic rings. The SMILES string of the molecule is COc1ccc(-c2cc(C(F)(F)F)nn2-c2ccc(NS(N)(=O)=O)cc2)cc1. The molecule has 0 saturated heterocycles. The molecule has 0 aliphatic carbocycles. The van der Waals surface area contributed by atoms with Gasteiger partial charge in [0.1, 0.15) is 5.75 Å². The van der Waals surface area contributed by atoms with Gasteiger partial charge in [0.15, 0.2) is 5.69 Å². The highest BCUT2D eigenvalue weighted by Crippen LogP contribution is 2.33. The van der Waals surface area contributed by atoms with Gasteiger partial charge in [0.2, 0.25) is 0 Å². The van der Waals surface area contributed by atoms with Crippen molar-refractivity contribution in [3.63, 3.8) is 0 Å². The van der Waals surface area contributed by atoms with E-state index in [1.54, 1.807) is 24.3 Å². The second-order valence-corrected chi connectivity index (χ2v) is 7.04. The van der Waals surface area contributed by atoms with Gasteiger partial charge in [-0.2, -0.15) is 26.7 Å². The normalized spacial score (nSPS) is 12.0. The predicted octanol–water partition coefficient (Wildman–Crippen LogP) is 3.18. The van der Waals surface area contributed by atoms with Crippen LogP contribution in [-0.4, -0.2) is 25.3 Å². The van der Waals surface area contributed by atoms with Crippen LogP contribution in [0.4, 0.5) is 18.9 Å². The number of benzene rings is 2. The van der Waals surface area contributed by atoms with Crippen molar-refractivity contribution in [2.24, 2.45) is 5.14 Å². The molecule has 0 radical (unpaired) electrons. The smallest absolute Gasteiger partial charge is 0.435 e. The maximum absolute atomic E-state index is 13.2. The van der Waals surface area contributed by atoms with Crippen LogP contribution in [-0.2, 0) is 16.4 Å². The number of methoxy groups -OCH3 is 1. The monoisotopic (exact) mass is 412 g/mol. The molecule has 0 amide bonds. The lowest BCUT2D eigenvalue weighted by Crippen LogP contribution is -2.21. The van der Waals surface area contributed by atoms with E-state index >= 15 is 0 Å². The summed E-state index contributed by atoms with van der Waals surface area (Å²) in [5.74, 6) is 0.560. The van der Waals surface area contributed by atoms with Crippen LogP contribution in [0.25, 0.3) is 16.9 Å². The molecule has 0 unspecified atom stereocenters. The fourth-order valence-corrected chi connectivity index (χ4v) is 2.98. The van der Waals surface area contributed by atoms with Crippen LogP contribution in [0, 0.1) is 0 Å². The second kappa shape index (κ2) is 7.17. The first-order chi connectivity index (χ1) is 13.1. The largest absolute Gasteiger partial charge is 0.497 e. The van der Waals surface area contributed by atoms with Gasteiger partial charge in [-0.15, -0.1) is 0 Å². The first-order valence-electron chi connectivity index (χ1n) is 7.79. The van der Waals surface area contributed by atoms with Gasteiger partial charge in [-0.05, 0) is 54.6 Å². The molecule has 3 rings (SSSR count). The zero-order valence-corrected chi connectivity index (χ0v) is 15.3. The van der Waals surface area contributed by atoms with Crippen LogP contribution in [0.2, 0.25) is 0 Å². The van der Waals surface area contributed by atoms with E-state index in [4.69, 9.17) is 9.88 Å². The quantitative estimate of drug-likeness (QED) is 0.672.